The maximum Gasteiger partial charge on any atom is 0.257 e. The van der Waals surface area contributed by atoms with Crippen LogP contribution in [-0.2, 0) is 0 Å². The third-order valence-electron chi connectivity index (χ3n) is 2.20. The first-order chi connectivity index (χ1) is 8.04. The second-order valence-corrected chi connectivity index (χ2v) is 4.74. The SMILES string of the molecule is Cc1cc(N)cc(C(=O)Nc2nc(C)cs2)c1. The van der Waals surface area contributed by atoms with E-state index in [9.17, 15) is 4.79 Å². The van der Waals surface area contributed by atoms with E-state index in [0.29, 0.717) is 16.4 Å². The van der Waals surface area contributed by atoms with Gasteiger partial charge in [-0.15, -0.1) is 11.3 Å². The van der Waals surface area contributed by atoms with Gasteiger partial charge in [0.15, 0.2) is 5.13 Å². The zero-order valence-electron chi connectivity index (χ0n) is 9.65. The number of thiazole rings is 1. The Kier molecular flexibility index (Phi) is 3.10. The third-order valence-corrected chi connectivity index (χ3v) is 3.08. The van der Waals surface area contributed by atoms with Gasteiger partial charge in [-0.1, -0.05) is 0 Å². The number of benzene rings is 1. The molecule has 0 saturated carbocycles. The molecule has 0 fully saturated rings. The predicted molar refractivity (Wildman–Crippen MR) is 70.4 cm³/mol. The number of nitrogen functional groups attached to an aromatic ring is 1. The molecular formula is C12H13N3OS. The molecule has 3 N–H and O–H groups in total. The first kappa shape index (κ1) is 11.6. The molecule has 0 aliphatic carbocycles. The number of hydrogen-bond donors (Lipinski definition) is 2. The fourth-order valence-corrected chi connectivity index (χ4v) is 2.21. The Morgan fingerprint density at radius 1 is 1.35 bits per heavy atom. The lowest BCUT2D eigenvalue weighted by atomic mass is 10.1. The first-order valence-electron chi connectivity index (χ1n) is 5.15. The van der Waals surface area contributed by atoms with Gasteiger partial charge in [-0.05, 0) is 37.6 Å². The highest BCUT2D eigenvalue weighted by Crippen LogP contribution is 2.17. The van der Waals surface area contributed by atoms with Gasteiger partial charge in [-0.3, -0.25) is 10.1 Å². The molecule has 0 aliphatic heterocycles. The van der Waals surface area contributed by atoms with Crippen LogP contribution in [0.2, 0.25) is 0 Å². The summed E-state index contributed by atoms with van der Waals surface area (Å²) in [5, 5.41) is 5.24. The minimum absolute atomic E-state index is 0.185. The maximum atomic E-state index is 11.9. The van der Waals surface area contributed by atoms with E-state index in [1.807, 2.05) is 25.3 Å². The molecule has 0 radical (unpaired) electrons. The Hall–Kier alpha value is -1.88. The van der Waals surface area contributed by atoms with Crippen molar-refractivity contribution in [2.24, 2.45) is 0 Å². The van der Waals surface area contributed by atoms with Gasteiger partial charge in [-0.2, -0.15) is 0 Å². The summed E-state index contributed by atoms with van der Waals surface area (Å²) in [6.07, 6.45) is 0. The van der Waals surface area contributed by atoms with Gasteiger partial charge in [0.1, 0.15) is 0 Å². The zero-order valence-corrected chi connectivity index (χ0v) is 10.5. The second-order valence-electron chi connectivity index (χ2n) is 3.88. The molecule has 1 heterocycles. The van der Waals surface area contributed by atoms with E-state index in [-0.39, 0.29) is 5.91 Å². The van der Waals surface area contributed by atoms with Gasteiger partial charge >= 0.3 is 0 Å². The number of nitrogens with one attached hydrogen (secondary N) is 1. The van der Waals surface area contributed by atoms with E-state index in [0.717, 1.165) is 11.3 Å². The van der Waals surface area contributed by atoms with Gasteiger partial charge in [0, 0.05) is 16.6 Å². The fourth-order valence-electron chi connectivity index (χ4n) is 1.52. The molecule has 1 amide bonds. The Balaban J connectivity index is 2.19. The molecule has 0 spiro atoms. The standard InChI is InChI=1S/C12H13N3OS/c1-7-3-9(5-10(13)4-7)11(16)15-12-14-8(2)6-17-12/h3-6H,13H2,1-2H3,(H,14,15,16). The lowest BCUT2D eigenvalue weighted by Crippen LogP contribution is -2.12. The van der Waals surface area contributed by atoms with E-state index in [2.05, 4.69) is 10.3 Å². The first-order valence-corrected chi connectivity index (χ1v) is 6.03. The molecule has 0 aliphatic rings. The average Bonchev–Trinajstić information content (AvgIpc) is 2.62. The number of carbonyl (C=O) groups excluding carboxylic acids is 1. The van der Waals surface area contributed by atoms with Gasteiger partial charge in [-0.25, -0.2) is 4.98 Å². The summed E-state index contributed by atoms with van der Waals surface area (Å²) >= 11 is 1.41. The summed E-state index contributed by atoms with van der Waals surface area (Å²) in [5.74, 6) is -0.185. The van der Waals surface area contributed by atoms with Crippen molar-refractivity contribution < 1.29 is 4.79 Å². The highest BCUT2D eigenvalue weighted by atomic mass is 32.1. The van der Waals surface area contributed by atoms with Crippen LogP contribution in [0.25, 0.3) is 0 Å². The predicted octanol–water partition coefficient (Wildman–Crippen LogP) is 2.59. The summed E-state index contributed by atoms with van der Waals surface area (Å²) < 4.78 is 0. The summed E-state index contributed by atoms with van der Waals surface area (Å²) in [6, 6.07) is 5.28. The minimum Gasteiger partial charge on any atom is -0.399 e. The largest absolute Gasteiger partial charge is 0.399 e. The van der Waals surface area contributed by atoms with Crippen molar-refractivity contribution in [3.63, 3.8) is 0 Å². The lowest BCUT2D eigenvalue weighted by Gasteiger charge is -2.04. The van der Waals surface area contributed by atoms with Crippen molar-refractivity contribution in [3.8, 4) is 0 Å². The van der Waals surface area contributed by atoms with Crippen molar-refractivity contribution in [1.29, 1.82) is 0 Å². The minimum atomic E-state index is -0.185. The molecule has 88 valence electrons. The van der Waals surface area contributed by atoms with Crippen LogP contribution in [0.5, 0.6) is 0 Å². The van der Waals surface area contributed by atoms with E-state index < -0.39 is 0 Å². The molecule has 2 rings (SSSR count). The second kappa shape index (κ2) is 4.55. The molecule has 0 unspecified atom stereocenters. The number of nitrogens with zero attached hydrogens (tertiary/aromatic N) is 1. The summed E-state index contributed by atoms with van der Waals surface area (Å²) in [6.45, 7) is 3.79. The van der Waals surface area contributed by atoms with Crippen molar-refractivity contribution in [2.75, 3.05) is 11.1 Å². The van der Waals surface area contributed by atoms with Crippen molar-refractivity contribution >= 4 is 28.1 Å². The fraction of sp³-hybridized carbons (Fsp3) is 0.167. The van der Waals surface area contributed by atoms with Gasteiger partial charge in [0.2, 0.25) is 0 Å². The summed E-state index contributed by atoms with van der Waals surface area (Å²) in [7, 11) is 0. The monoisotopic (exact) mass is 247 g/mol. The maximum absolute atomic E-state index is 11.9. The van der Waals surface area contributed by atoms with E-state index in [1.54, 1.807) is 12.1 Å². The van der Waals surface area contributed by atoms with Crippen molar-refractivity contribution in [3.05, 3.63) is 40.4 Å². The van der Waals surface area contributed by atoms with Crippen molar-refractivity contribution in [1.82, 2.24) is 4.98 Å². The number of aromatic nitrogens is 1. The van der Waals surface area contributed by atoms with Crippen LogP contribution in [-0.4, -0.2) is 10.9 Å². The molecule has 1 aromatic carbocycles. The molecule has 5 heteroatoms. The lowest BCUT2D eigenvalue weighted by molar-refractivity contribution is 0.102. The molecular weight excluding hydrogens is 234 g/mol. The Labute approximate surface area is 103 Å². The number of hydrogen-bond acceptors (Lipinski definition) is 4. The van der Waals surface area contributed by atoms with Crippen LogP contribution in [0.1, 0.15) is 21.6 Å². The third kappa shape index (κ3) is 2.82. The quantitative estimate of drug-likeness (QED) is 0.801. The highest BCUT2D eigenvalue weighted by Gasteiger charge is 2.09. The number of aryl methyl sites for hydroxylation is 2. The number of rotatable bonds is 2. The smallest absolute Gasteiger partial charge is 0.257 e. The Bertz CT molecular complexity index is 542. The van der Waals surface area contributed by atoms with Gasteiger partial charge in [0.05, 0.1) is 5.69 Å². The Morgan fingerprint density at radius 3 is 2.71 bits per heavy atom. The molecule has 17 heavy (non-hydrogen) atoms. The Morgan fingerprint density at radius 2 is 2.12 bits per heavy atom. The zero-order chi connectivity index (χ0) is 12.4. The molecule has 0 bridgehead atoms. The average molecular weight is 247 g/mol. The topological polar surface area (TPSA) is 68.0 Å². The molecule has 2 aromatic rings. The van der Waals surface area contributed by atoms with E-state index >= 15 is 0 Å². The van der Waals surface area contributed by atoms with Crippen molar-refractivity contribution in [2.45, 2.75) is 13.8 Å². The van der Waals surface area contributed by atoms with E-state index in [4.69, 9.17) is 5.73 Å². The molecule has 4 nitrogen and oxygen atoms in total. The number of nitrogens with two attached hydrogens (primary N) is 1. The normalized spacial score (nSPS) is 10.2. The summed E-state index contributed by atoms with van der Waals surface area (Å²) in [4.78, 5) is 16.1. The van der Waals surface area contributed by atoms with Gasteiger partial charge in [0.25, 0.3) is 5.91 Å². The van der Waals surface area contributed by atoms with E-state index in [1.165, 1.54) is 11.3 Å². The molecule has 0 atom stereocenters. The number of amides is 1. The number of anilines is 2. The van der Waals surface area contributed by atoms with Crippen LogP contribution >= 0.6 is 11.3 Å². The van der Waals surface area contributed by atoms with Crippen LogP contribution in [0.15, 0.2) is 23.6 Å². The van der Waals surface area contributed by atoms with Crippen LogP contribution in [0.4, 0.5) is 10.8 Å². The number of carbonyl (C=O) groups is 1. The summed E-state index contributed by atoms with van der Waals surface area (Å²) in [5.41, 5.74) is 8.70. The van der Waals surface area contributed by atoms with Gasteiger partial charge < -0.3 is 5.73 Å². The molecule has 0 saturated heterocycles. The van der Waals surface area contributed by atoms with Crippen LogP contribution in [0.3, 0.4) is 0 Å². The van der Waals surface area contributed by atoms with Crippen LogP contribution in [0, 0.1) is 13.8 Å². The highest BCUT2D eigenvalue weighted by molar-refractivity contribution is 7.13. The van der Waals surface area contributed by atoms with Crippen LogP contribution < -0.4 is 11.1 Å². The molecule has 1 aromatic heterocycles.